The third-order valence-corrected chi connectivity index (χ3v) is 6.71. The topological polar surface area (TPSA) is 95.0 Å². The number of carbonyl (C=O) groups excluding carboxylic acids is 1. The summed E-state index contributed by atoms with van der Waals surface area (Å²) in [7, 11) is 3.50. The maximum absolute atomic E-state index is 13.4. The number of methoxy groups -OCH3 is 1. The fourth-order valence-electron chi connectivity index (χ4n) is 4.42. The molecule has 0 bridgehead atoms. The van der Waals surface area contributed by atoms with Crippen LogP contribution in [0.25, 0.3) is 16.6 Å². The Labute approximate surface area is 196 Å². The summed E-state index contributed by atoms with van der Waals surface area (Å²) in [5.41, 5.74) is 10.3. The second kappa shape index (κ2) is 7.47. The predicted molar refractivity (Wildman–Crippen MR) is 128 cm³/mol. The molecule has 6 rings (SSSR count). The lowest BCUT2D eigenvalue weighted by atomic mass is 10.0. The van der Waals surface area contributed by atoms with E-state index in [2.05, 4.69) is 21.8 Å². The maximum Gasteiger partial charge on any atom is 0.254 e. The molecular formula is C26H23N5O3. The summed E-state index contributed by atoms with van der Waals surface area (Å²) in [5, 5.41) is 0. The number of ether oxygens (including phenoxy) is 2. The number of rotatable bonds is 3. The number of fused-ring (bicyclic) bond motifs is 4. The van der Waals surface area contributed by atoms with Crippen LogP contribution in [-0.4, -0.2) is 51.5 Å². The molecule has 34 heavy (non-hydrogen) atoms. The highest BCUT2D eigenvalue weighted by Gasteiger charge is 2.41. The Balaban J connectivity index is 1.28. The van der Waals surface area contributed by atoms with Crippen molar-refractivity contribution in [3.05, 3.63) is 65.6 Å². The number of amides is 1. The largest absolute Gasteiger partial charge is 0.491 e. The quantitative estimate of drug-likeness (QED) is 0.479. The second-order valence-corrected chi connectivity index (χ2v) is 8.79. The third kappa shape index (κ3) is 3.25. The van der Waals surface area contributed by atoms with Crippen molar-refractivity contribution in [2.45, 2.75) is 24.5 Å². The normalized spacial score (nSPS) is 17.6. The summed E-state index contributed by atoms with van der Waals surface area (Å²) in [6.07, 6.45) is 5.27. The Morgan fingerprint density at radius 2 is 2.12 bits per heavy atom. The number of nitrogen functional groups attached to an aromatic ring is 1. The number of nitrogens with zero attached hydrogens (tertiary/aromatic N) is 4. The first kappa shape index (κ1) is 20.5. The molecule has 1 unspecified atom stereocenters. The Morgan fingerprint density at radius 3 is 2.91 bits per heavy atom. The number of aromatic nitrogens is 3. The summed E-state index contributed by atoms with van der Waals surface area (Å²) in [4.78, 5) is 23.7. The van der Waals surface area contributed by atoms with Gasteiger partial charge in [0.15, 0.2) is 0 Å². The molecule has 1 aliphatic carbocycles. The van der Waals surface area contributed by atoms with Gasteiger partial charge in [0.1, 0.15) is 29.3 Å². The second-order valence-electron chi connectivity index (χ2n) is 8.79. The van der Waals surface area contributed by atoms with E-state index in [4.69, 9.17) is 15.2 Å². The molecule has 1 amide bonds. The highest BCUT2D eigenvalue weighted by molar-refractivity contribution is 5.98. The molecule has 8 nitrogen and oxygen atoms in total. The van der Waals surface area contributed by atoms with Gasteiger partial charge in [-0.05, 0) is 43.2 Å². The van der Waals surface area contributed by atoms with E-state index < -0.39 is 0 Å². The minimum Gasteiger partial charge on any atom is -0.491 e. The molecule has 0 spiro atoms. The van der Waals surface area contributed by atoms with E-state index in [1.165, 1.54) is 0 Å². The SMILES string of the molecule is COC1(C#Cc2ccc3c(c2)OCC3N(C)C(=O)c2ccc3nc(N)c4cncn4c3c2)CC1. The standard InChI is InChI=1S/C26H23N5O3/c1-30(22-14-34-23-11-16(3-5-18(22)23)7-8-26(33-2)9-10-26)25(32)17-4-6-19-20(12-17)31-15-28-13-21(31)24(27)29-19/h3-6,11-13,15,22H,9-10,14H2,1-2H3,(H2,27,29). The number of hydrogen-bond acceptors (Lipinski definition) is 6. The molecule has 4 aromatic rings. The van der Waals surface area contributed by atoms with Gasteiger partial charge in [-0.15, -0.1) is 0 Å². The zero-order chi connectivity index (χ0) is 23.4. The number of nitrogens with two attached hydrogens (primary N) is 1. The van der Waals surface area contributed by atoms with Crippen LogP contribution in [0.3, 0.4) is 0 Å². The fourth-order valence-corrected chi connectivity index (χ4v) is 4.42. The Bertz CT molecular complexity index is 1530. The van der Waals surface area contributed by atoms with Gasteiger partial charge in [-0.2, -0.15) is 0 Å². The number of carbonyl (C=O) groups is 1. The number of benzene rings is 2. The first-order valence-electron chi connectivity index (χ1n) is 11.1. The monoisotopic (exact) mass is 453 g/mol. The Morgan fingerprint density at radius 1 is 1.26 bits per heavy atom. The first-order chi connectivity index (χ1) is 16.5. The average Bonchev–Trinajstić information content (AvgIpc) is 3.26. The number of imidazole rings is 1. The molecule has 1 fully saturated rings. The van der Waals surface area contributed by atoms with Gasteiger partial charge in [0, 0.05) is 30.8 Å². The van der Waals surface area contributed by atoms with Crippen LogP contribution in [0, 0.1) is 11.8 Å². The molecule has 2 aromatic heterocycles. The van der Waals surface area contributed by atoms with Crippen LogP contribution >= 0.6 is 0 Å². The lowest BCUT2D eigenvalue weighted by Gasteiger charge is -2.24. The molecule has 0 radical (unpaired) electrons. The van der Waals surface area contributed by atoms with E-state index in [1.54, 1.807) is 37.6 Å². The van der Waals surface area contributed by atoms with Crippen molar-refractivity contribution in [3.8, 4) is 17.6 Å². The van der Waals surface area contributed by atoms with Crippen LogP contribution in [0.1, 0.15) is 40.4 Å². The molecule has 2 aromatic carbocycles. The van der Waals surface area contributed by atoms with Crippen molar-refractivity contribution in [1.29, 1.82) is 0 Å². The van der Waals surface area contributed by atoms with Crippen molar-refractivity contribution in [1.82, 2.24) is 19.3 Å². The first-order valence-corrected chi connectivity index (χ1v) is 11.1. The minimum atomic E-state index is -0.279. The molecule has 2 aliphatic rings. The van der Waals surface area contributed by atoms with Gasteiger partial charge in [0.2, 0.25) is 0 Å². The molecule has 1 aliphatic heterocycles. The lowest BCUT2D eigenvalue weighted by molar-refractivity contribution is 0.0708. The molecular weight excluding hydrogens is 430 g/mol. The summed E-state index contributed by atoms with van der Waals surface area (Å²) < 4.78 is 13.2. The van der Waals surface area contributed by atoms with E-state index in [0.717, 1.165) is 35.2 Å². The highest BCUT2D eigenvalue weighted by Crippen LogP contribution is 2.39. The van der Waals surface area contributed by atoms with Gasteiger partial charge in [-0.1, -0.05) is 17.9 Å². The summed E-state index contributed by atoms with van der Waals surface area (Å²) in [6, 6.07) is 11.1. The van der Waals surface area contributed by atoms with Gasteiger partial charge in [0.05, 0.1) is 29.6 Å². The molecule has 0 saturated heterocycles. The van der Waals surface area contributed by atoms with E-state index in [9.17, 15) is 4.79 Å². The van der Waals surface area contributed by atoms with Gasteiger partial charge >= 0.3 is 0 Å². The average molecular weight is 454 g/mol. The zero-order valence-corrected chi connectivity index (χ0v) is 18.9. The highest BCUT2D eigenvalue weighted by atomic mass is 16.5. The van der Waals surface area contributed by atoms with E-state index in [1.807, 2.05) is 34.7 Å². The van der Waals surface area contributed by atoms with Crippen LogP contribution in [-0.2, 0) is 4.74 Å². The molecule has 170 valence electrons. The van der Waals surface area contributed by atoms with Gasteiger partial charge in [-0.3, -0.25) is 9.20 Å². The molecule has 8 heteroatoms. The van der Waals surface area contributed by atoms with Gasteiger partial charge < -0.3 is 20.1 Å². The van der Waals surface area contributed by atoms with E-state index in [0.29, 0.717) is 29.0 Å². The molecule has 3 heterocycles. The molecule has 2 N–H and O–H groups in total. The van der Waals surface area contributed by atoms with Crippen LogP contribution in [0.5, 0.6) is 5.75 Å². The van der Waals surface area contributed by atoms with Crippen LogP contribution < -0.4 is 10.5 Å². The van der Waals surface area contributed by atoms with Crippen LogP contribution in [0.15, 0.2) is 48.9 Å². The van der Waals surface area contributed by atoms with Gasteiger partial charge in [-0.25, -0.2) is 9.97 Å². The molecule has 1 saturated carbocycles. The summed E-state index contributed by atoms with van der Waals surface area (Å²) in [5.74, 6) is 7.47. The maximum atomic E-state index is 13.4. The van der Waals surface area contributed by atoms with E-state index >= 15 is 0 Å². The summed E-state index contributed by atoms with van der Waals surface area (Å²) >= 11 is 0. The third-order valence-electron chi connectivity index (χ3n) is 6.71. The lowest BCUT2D eigenvalue weighted by Crippen LogP contribution is -2.32. The smallest absolute Gasteiger partial charge is 0.254 e. The number of hydrogen-bond donors (Lipinski definition) is 1. The predicted octanol–water partition coefficient (Wildman–Crippen LogP) is 3.20. The Hall–Kier alpha value is -4.09. The van der Waals surface area contributed by atoms with E-state index in [-0.39, 0.29) is 17.6 Å². The van der Waals surface area contributed by atoms with Crippen LogP contribution in [0.4, 0.5) is 5.82 Å². The van der Waals surface area contributed by atoms with Crippen molar-refractivity contribution in [2.75, 3.05) is 26.5 Å². The number of likely N-dealkylation sites (N-methyl/N-ethyl adjacent to an activating group) is 1. The Kier molecular flexibility index (Phi) is 4.51. The van der Waals surface area contributed by atoms with Crippen molar-refractivity contribution in [2.24, 2.45) is 0 Å². The summed E-state index contributed by atoms with van der Waals surface area (Å²) in [6.45, 7) is 0.397. The van der Waals surface area contributed by atoms with Crippen molar-refractivity contribution >= 4 is 28.3 Å². The zero-order valence-electron chi connectivity index (χ0n) is 18.9. The minimum absolute atomic E-state index is 0.104. The van der Waals surface area contributed by atoms with Gasteiger partial charge in [0.25, 0.3) is 5.91 Å². The molecule has 1 atom stereocenters. The van der Waals surface area contributed by atoms with Crippen LogP contribution in [0.2, 0.25) is 0 Å². The van der Waals surface area contributed by atoms with Crippen molar-refractivity contribution < 1.29 is 14.3 Å². The fraction of sp³-hybridized carbons (Fsp3) is 0.269. The number of anilines is 1. The van der Waals surface area contributed by atoms with Crippen molar-refractivity contribution in [3.63, 3.8) is 0 Å².